The second-order valence-corrected chi connectivity index (χ2v) is 6.56. The van der Waals surface area contributed by atoms with Crippen molar-refractivity contribution in [3.8, 4) is 5.75 Å². The smallest absolute Gasteiger partial charge is 0.258 e. The minimum absolute atomic E-state index is 0. The molecular formula is C18H28ClN3O3. The van der Waals surface area contributed by atoms with Crippen molar-refractivity contribution in [3.63, 3.8) is 0 Å². The standard InChI is InChI=1S/C18H27N3O3.ClH/c1-13(2)9-14(11-19)20-17(22)12-24-16-6-3-5-15(10-16)21-8-4-7-18(21)23;/h3,5-6,10,13-14H,4,7-9,11-12,19H2,1-2H3,(H,20,22);1H. The summed E-state index contributed by atoms with van der Waals surface area (Å²) in [5, 5.41) is 2.89. The van der Waals surface area contributed by atoms with E-state index in [0.29, 0.717) is 24.6 Å². The van der Waals surface area contributed by atoms with Crippen molar-refractivity contribution in [2.45, 2.75) is 39.2 Å². The lowest BCUT2D eigenvalue weighted by molar-refractivity contribution is -0.123. The van der Waals surface area contributed by atoms with Crippen molar-refractivity contribution in [2.24, 2.45) is 11.7 Å². The summed E-state index contributed by atoms with van der Waals surface area (Å²) < 4.78 is 5.56. The van der Waals surface area contributed by atoms with E-state index in [0.717, 1.165) is 25.1 Å². The molecule has 0 bridgehead atoms. The second kappa shape index (κ2) is 10.3. The Balaban J connectivity index is 0.00000312. The van der Waals surface area contributed by atoms with Crippen LogP contribution in [0.2, 0.25) is 0 Å². The van der Waals surface area contributed by atoms with Crippen LogP contribution in [-0.2, 0) is 9.59 Å². The van der Waals surface area contributed by atoms with Crippen LogP contribution in [0, 0.1) is 5.92 Å². The summed E-state index contributed by atoms with van der Waals surface area (Å²) >= 11 is 0. The number of halogens is 1. The van der Waals surface area contributed by atoms with Gasteiger partial charge >= 0.3 is 0 Å². The summed E-state index contributed by atoms with van der Waals surface area (Å²) in [4.78, 5) is 25.6. The second-order valence-electron chi connectivity index (χ2n) is 6.56. The Hall–Kier alpha value is -1.79. The van der Waals surface area contributed by atoms with Gasteiger partial charge < -0.3 is 20.7 Å². The number of benzene rings is 1. The third-order valence-electron chi connectivity index (χ3n) is 3.98. The molecule has 3 N–H and O–H groups in total. The van der Waals surface area contributed by atoms with Gasteiger partial charge in [0.05, 0.1) is 0 Å². The number of nitrogens with two attached hydrogens (primary N) is 1. The van der Waals surface area contributed by atoms with Crippen molar-refractivity contribution in [1.82, 2.24) is 5.32 Å². The number of carbonyl (C=O) groups excluding carboxylic acids is 2. The lowest BCUT2D eigenvalue weighted by Gasteiger charge is -2.19. The number of nitrogens with one attached hydrogen (secondary N) is 1. The molecule has 1 aliphatic rings. The van der Waals surface area contributed by atoms with E-state index in [1.807, 2.05) is 12.1 Å². The number of amides is 2. The van der Waals surface area contributed by atoms with Crippen molar-refractivity contribution >= 4 is 29.9 Å². The summed E-state index contributed by atoms with van der Waals surface area (Å²) in [6, 6.07) is 7.25. The quantitative estimate of drug-likeness (QED) is 0.735. The number of anilines is 1. The monoisotopic (exact) mass is 369 g/mol. The van der Waals surface area contributed by atoms with Gasteiger partial charge in [-0.15, -0.1) is 12.4 Å². The minimum Gasteiger partial charge on any atom is -0.484 e. The van der Waals surface area contributed by atoms with E-state index in [2.05, 4.69) is 19.2 Å². The Labute approximate surface area is 155 Å². The molecule has 7 heteroatoms. The van der Waals surface area contributed by atoms with E-state index < -0.39 is 0 Å². The van der Waals surface area contributed by atoms with Gasteiger partial charge in [0, 0.05) is 37.3 Å². The Bertz CT molecular complexity index is 580. The van der Waals surface area contributed by atoms with Crippen molar-refractivity contribution in [2.75, 3.05) is 24.6 Å². The summed E-state index contributed by atoms with van der Waals surface area (Å²) in [7, 11) is 0. The number of rotatable bonds is 8. The molecule has 2 rings (SSSR count). The van der Waals surface area contributed by atoms with E-state index in [-0.39, 0.29) is 36.9 Å². The fourth-order valence-corrected chi connectivity index (χ4v) is 2.86. The molecule has 1 saturated heterocycles. The predicted molar refractivity (Wildman–Crippen MR) is 101 cm³/mol. The molecule has 6 nitrogen and oxygen atoms in total. The molecule has 2 amide bonds. The predicted octanol–water partition coefficient (Wildman–Crippen LogP) is 2.10. The van der Waals surface area contributed by atoms with Gasteiger partial charge in [-0.1, -0.05) is 19.9 Å². The molecule has 1 heterocycles. The highest BCUT2D eigenvalue weighted by Crippen LogP contribution is 2.25. The molecule has 25 heavy (non-hydrogen) atoms. The maximum Gasteiger partial charge on any atom is 0.258 e. The molecule has 0 spiro atoms. The molecule has 140 valence electrons. The highest BCUT2D eigenvalue weighted by Gasteiger charge is 2.22. The Morgan fingerprint density at radius 1 is 1.40 bits per heavy atom. The Morgan fingerprint density at radius 2 is 2.16 bits per heavy atom. The van der Waals surface area contributed by atoms with Gasteiger partial charge in [-0.05, 0) is 30.9 Å². The zero-order valence-corrected chi connectivity index (χ0v) is 15.7. The number of hydrogen-bond donors (Lipinski definition) is 2. The molecule has 1 fully saturated rings. The number of hydrogen-bond acceptors (Lipinski definition) is 4. The molecule has 0 aliphatic carbocycles. The van der Waals surface area contributed by atoms with E-state index >= 15 is 0 Å². The van der Waals surface area contributed by atoms with Gasteiger partial charge in [0.15, 0.2) is 6.61 Å². The average molecular weight is 370 g/mol. The molecule has 0 saturated carbocycles. The van der Waals surface area contributed by atoms with E-state index in [1.165, 1.54) is 0 Å². The lowest BCUT2D eigenvalue weighted by Crippen LogP contribution is -2.43. The van der Waals surface area contributed by atoms with E-state index in [4.69, 9.17) is 10.5 Å². The van der Waals surface area contributed by atoms with Crippen LogP contribution in [0.5, 0.6) is 5.75 Å². The van der Waals surface area contributed by atoms with Gasteiger partial charge in [0.25, 0.3) is 5.91 Å². The fraction of sp³-hybridized carbons (Fsp3) is 0.556. The van der Waals surface area contributed by atoms with Gasteiger partial charge in [-0.2, -0.15) is 0 Å². The maximum absolute atomic E-state index is 12.0. The van der Waals surface area contributed by atoms with Crippen LogP contribution in [0.15, 0.2) is 24.3 Å². The number of ether oxygens (including phenoxy) is 1. The molecular weight excluding hydrogens is 342 g/mol. The molecule has 1 unspecified atom stereocenters. The van der Waals surface area contributed by atoms with Gasteiger partial charge in [-0.3, -0.25) is 9.59 Å². The molecule has 0 aromatic heterocycles. The van der Waals surface area contributed by atoms with E-state index in [9.17, 15) is 9.59 Å². The lowest BCUT2D eigenvalue weighted by atomic mass is 10.0. The third-order valence-corrected chi connectivity index (χ3v) is 3.98. The first kappa shape index (κ1) is 21.3. The SMILES string of the molecule is CC(C)CC(CN)NC(=O)COc1cccc(N2CCCC2=O)c1.Cl. The van der Waals surface area contributed by atoms with Crippen LogP contribution in [0.25, 0.3) is 0 Å². The fourth-order valence-electron chi connectivity index (χ4n) is 2.86. The average Bonchev–Trinajstić information content (AvgIpc) is 2.98. The van der Waals surface area contributed by atoms with Crippen LogP contribution in [0.4, 0.5) is 5.69 Å². The first-order valence-electron chi connectivity index (χ1n) is 8.52. The molecule has 1 aromatic rings. The van der Waals surface area contributed by atoms with Crippen LogP contribution < -0.4 is 20.7 Å². The first-order chi connectivity index (χ1) is 11.5. The number of carbonyl (C=O) groups is 2. The molecule has 0 radical (unpaired) electrons. The Morgan fingerprint density at radius 3 is 2.76 bits per heavy atom. The van der Waals surface area contributed by atoms with Crippen molar-refractivity contribution in [1.29, 1.82) is 0 Å². The normalized spacial score (nSPS) is 15.0. The Kier molecular flexibility index (Phi) is 8.72. The van der Waals surface area contributed by atoms with Gasteiger partial charge in [0.2, 0.25) is 5.91 Å². The van der Waals surface area contributed by atoms with Crippen molar-refractivity contribution in [3.05, 3.63) is 24.3 Å². The van der Waals surface area contributed by atoms with Crippen LogP contribution in [0.1, 0.15) is 33.1 Å². The summed E-state index contributed by atoms with van der Waals surface area (Å²) in [5.74, 6) is 0.989. The van der Waals surface area contributed by atoms with Crippen LogP contribution in [-0.4, -0.2) is 37.6 Å². The van der Waals surface area contributed by atoms with Gasteiger partial charge in [-0.25, -0.2) is 0 Å². The third kappa shape index (κ3) is 6.55. The maximum atomic E-state index is 12.0. The topological polar surface area (TPSA) is 84.7 Å². The zero-order valence-electron chi connectivity index (χ0n) is 14.9. The number of nitrogens with zero attached hydrogens (tertiary/aromatic N) is 1. The van der Waals surface area contributed by atoms with Gasteiger partial charge in [0.1, 0.15) is 5.75 Å². The highest BCUT2D eigenvalue weighted by atomic mass is 35.5. The minimum atomic E-state index is -0.186. The van der Waals surface area contributed by atoms with Crippen LogP contribution >= 0.6 is 12.4 Å². The summed E-state index contributed by atoms with van der Waals surface area (Å²) in [5.41, 5.74) is 6.50. The van der Waals surface area contributed by atoms with E-state index in [1.54, 1.807) is 17.0 Å². The zero-order chi connectivity index (χ0) is 17.5. The highest BCUT2D eigenvalue weighted by molar-refractivity contribution is 5.95. The van der Waals surface area contributed by atoms with Crippen LogP contribution in [0.3, 0.4) is 0 Å². The molecule has 1 aromatic carbocycles. The molecule has 1 atom stereocenters. The first-order valence-corrected chi connectivity index (χ1v) is 8.52. The molecule has 1 aliphatic heterocycles. The van der Waals surface area contributed by atoms with Crippen molar-refractivity contribution < 1.29 is 14.3 Å². The summed E-state index contributed by atoms with van der Waals surface area (Å²) in [6.45, 7) is 5.27. The largest absolute Gasteiger partial charge is 0.484 e. The summed E-state index contributed by atoms with van der Waals surface area (Å²) in [6.07, 6.45) is 2.31.